The Bertz CT molecular complexity index is 990. The summed E-state index contributed by atoms with van der Waals surface area (Å²) < 4.78 is 23.7. The van der Waals surface area contributed by atoms with Crippen molar-refractivity contribution in [3.63, 3.8) is 0 Å². The van der Waals surface area contributed by atoms with Crippen LogP contribution in [0.2, 0.25) is 0 Å². The lowest BCUT2D eigenvalue weighted by atomic mass is 10.2. The molecule has 6 nitrogen and oxygen atoms in total. The van der Waals surface area contributed by atoms with Crippen molar-refractivity contribution in [1.29, 1.82) is 0 Å². The van der Waals surface area contributed by atoms with Crippen LogP contribution < -0.4 is 4.74 Å². The molecule has 2 aromatic carbocycles. The molecule has 162 valence electrons. The Labute approximate surface area is 184 Å². The second-order valence-electron chi connectivity index (χ2n) is 6.83. The fraction of sp³-hybridized carbons (Fsp3) is 0.261. The summed E-state index contributed by atoms with van der Waals surface area (Å²) in [7, 11) is 0. The van der Waals surface area contributed by atoms with Crippen molar-refractivity contribution >= 4 is 35.0 Å². The first kappa shape index (κ1) is 22.6. The first-order chi connectivity index (χ1) is 15.0. The van der Waals surface area contributed by atoms with Gasteiger partial charge in [-0.3, -0.25) is 19.3 Å². The fourth-order valence-corrected chi connectivity index (χ4v) is 3.57. The normalized spacial score (nSPS) is 14.9. The molecule has 0 atom stereocenters. The molecule has 0 unspecified atom stereocenters. The highest BCUT2D eigenvalue weighted by atomic mass is 32.2. The van der Waals surface area contributed by atoms with Crippen LogP contribution in [-0.2, 0) is 20.9 Å². The number of hydrogen-bond donors (Lipinski definition) is 0. The van der Waals surface area contributed by atoms with E-state index in [9.17, 15) is 18.8 Å². The predicted molar refractivity (Wildman–Crippen MR) is 116 cm³/mol. The molecule has 0 aliphatic carbocycles. The van der Waals surface area contributed by atoms with Crippen LogP contribution in [0, 0.1) is 5.82 Å². The summed E-state index contributed by atoms with van der Waals surface area (Å²) in [6, 6.07) is 13.1. The maximum absolute atomic E-state index is 13.0. The average Bonchev–Trinajstić information content (AvgIpc) is 3.01. The second kappa shape index (κ2) is 10.8. The molecule has 2 amide bonds. The van der Waals surface area contributed by atoms with E-state index in [1.54, 1.807) is 42.5 Å². The van der Waals surface area contributed by atoms with Crippen LogP contribution in [0.5, 0.6) is 5.75 Å². The summed E-state index contributed by atoms with van der Waals surface area (Å²) in [5.41, 5.74) is 1.49. The number of hydrogen-bond acceptors (Lipinski definition) is 6. The van der Waals surface area contributed by atoms with E-state index in [-0.39, 0.29) is 23.9 Å². The lowest BCUT2D eigenvalue weighted by Gasteiger charge is -2.11. The highest BCUT2D eigenvalue weighted by molar-refractivity contribution is 8.18. The van der Waals surface area contributed by atoms with Gasteiger partial charge in [-0.05, 0) is 59.7 Å². The first-order valence-electron chi connectivity index (χ1n) is 9.84. The van der Waals surface area contributed by atoms with Crippen molar-refractivity contribution in [3.05, 3.63) is 70.4 Å². The Morgan fingerprint density at radius 2 is 1.94 bits per heavy atom. The summed E-state index contributed by atoms with van der Waals surface area (Å²) in [6.45, 7) is 2.11. The van der Waals surface area contributed by atoms with Crippen molar-refractivity contribution in [2.45, 2.75) is 26.4 Å². The molecule has 1 heterocycles. The molecule has 0 aromatic heterocycles. The van der Waals surface area contributed by atoms with Gasteiger partial charge in [0.05, 0.1) is 11.5 Å². The average molecular weight is 443 g/mol. The van der Waals surface area contributed by atoms with E-state index in [0.29, 0.717) is 11.3 Å². The number of esters is 1. The summed E-state index contributed by atoms with van der Waals surface area (Å²) in [5, 5.41) is -0.507. The van der Waals surface area contributed by atoms with E-state index in [2.05, 4.69) is 0 Å². The predicted octanol–water partition coefficient (Wildman–Crippen LogP) is 4.78. The van der Waals surface area contributed by atoms with E-state index < -0.39 is 23.7 Å². The van der Waals surface area contributed by atoms with Crippen molar-refractivity contribution in [3.8, 4) is 5.75 Å². The smallest absolute Gasteiger partial charge is 0.326 e. The van der Waals surface area contributed by atoms with Gasteiger partial charge in [0.2, 0.25) is 0 Å². The number of ether oxygens (including phenoxy) is 2. The van der Waals surface area contributed by atoms with Gasteiger partial charge in [-0.1, -0.05) is 37.6 Å². The highest BCUT2D eigenvalue weighted by Gasteiger charge is 2.36. The Morgan fingerprint density at radius 3 is 2.68 bits per heavy atom. The molecule has 0 saturated carbocycles. The van der Waals surface area contributed by atoms with E-state index in [0.717, 1.165) is 35.1 Å². The van der Waals surface area contributed by atoms with Crippen molar-refractivity contribution < 1.29 is 28.2 Å². The first-order valence-corrected chi connectivity index (χ1v) is 10.7. The molecule has 3 rings (SSSR count). The van der Waals surface area contributed by atoms with Crippen LogP contribution in [0.25, 0.3) is 6.08 Å². The Hall–Kier alpha value is -3.13. The van der Waals surface area contributed by atoms with Crippen LogP contribution in [0.15, 0.2) is 53.4 Å². The Kier molecular flexibility index (Phi) is 7.83. The number of thioether (sulfide) groups is 1. The number of unbranched alkanes of at least 4 members (excludes halogenated alkanes) is 1. The molecule has 1 aliphatic rings. The third kappa shape index (κ3) is 6.42. The van der Waals surface area contributed by atoms with Gasteiger partial charge in [0.25, 0.3) is 11.1 Å². The molecule has 0 spiro atoms. The molecule has 0 N–H and O–H groups in total. The number of halogens is 1. The molecule has 31 heavy (non-hydrogen) atoms. The van der Waals surface area contributed by atoms with Gasteiger partial charge < -0.3 is 9.47 Å². The van der Waals surface area contributed by atoms with Crippen LogP contribution in [0.3, 0.4) is 0 Å². The lowest BCUT2D eigenvalue weighted by Crippen LogP contribution is -2.34. The van der Waals surface area contributed by atoms with Crippen LogP contribution in [-0.4, -0.2) is 35.2 Å². The standard InChI is InChI=1S/C23H22FNO5S/c1-2-3-11-29-21(26)14-25-22(27)20(31-23(25)28)13-17-5-4-6-19(12-17)30-15-16-7-9-18(24)10-8-16/h4-10,12-13H,2-3,11,14-15H2,1H3/b20-13+. The molecule has 0 bridgehead atoms. The number of imide groups is 1. The number of carbonyl (C=O) groups is 3. The largest absolute Gasteiger partial charge is 0.489 e. The topological polar surface area (TPSA) is 72.9 Å². The van der Waals surface area contributed by atoms with Gasteiger partial charge in [-0.15, -0.1) is 0 Å². The van der Waals surface area contributed by atoms with Crippen molar-refractivity contribution in [2.75, 3.05) is 13.2 Å². The van der Waals surface area contributed by atoms with Crippen molar-refractivity contribution in [1.82, 2.24) is 4.90 Å². The van der Waals surface area contributed by atoms with Gasteiger partial charge in [-0.2, -0.15) is 0 Å². The minimum atomic E-state index is -0.604. The van der Waals surface area contributed by atoms with E-state index in [1.807, 2.05) is 6.92 Å². The molecular weight excluding hydrogens is 421 g/mol. The second-order valence-corrected chi connectivity index (χ2v) is 7.82. The molecule has 8 heteroatoms. The maximum atomic E-state index is 13.0. The minimum Gasteiger partial charge on any atom is -0.489 e. The Morgan fingerprint density at radius 1 is 1.16 bits per heavy atom. The van der Waals surface area contributed by atoms with E-state index >= 15 is 0 Å². The molecule has 1 aliphatic heterocycles. The maximum Gasteiger partial charge on any atom is 0.326 e. The number of rotatable bonds is 9. The molecule has 0 radical (unpaired) electrons. The van der Waals surface area contributed by atoms with E-state index in [4.69, 9.17) is 9.47 Å². The molecule has 1 saturated heterocycles. The monoisotopic (exact) mass is 443 g/mol. The van der Waals surface area contributed by atoms with E-state index in [1.165, 1.54) is 12.1 Å². The van der Waals surface area contributed by atoms with Gasteiger partial charge in [-0.25, -0.2) is 4.39 Å². The quantitative estimate of drug-likeness (QED) is 0.315. The van der Waals surface area contributed by atoms with Crippen LogP contribution in [0.4, 0.5) is 9.18 Å². The zero-order valence-corrected chi connectivity index (χ0v) is 17.8. The van der Waals surface area contributed by atoms with Gasteiger partial charge in [0.15, 0.2) is 0 Å². The van der Waals surface area contributed by atoms with Crippen LogP contribution in [0.1, 0.15) is 30.9 Å². The van der Waals surface area contributed by atoms with Gasteiger partial charge in [0.1, 0.15) is 24.7 Å². The third-order valence-corrected chi connectivity index (χ3v) is 5.30. The summed E-state index contributed by atoms with van der Waals surface area (Å²) in [6.07, 6.45) is 3.19. The van der Waals surface area contributed by atoms with Gasteiger partial charge >= 0.3 is 5.97 Å². The third-order valence-electron chi connectivity index (χ3n) is 4.40. The summed E-state index contributed by atoms with van der Waals surface area (Å²) in [5.74, 6) is -0.876. The Balaban J connectivity index is 1.62. The zero-order valence-electron chi connectivity index (χ0n) is 17.0. The minimum absolute atomic E-state index is 0.224. The lowest BCUT2D eigenvalue weighted by molar-refractivity contribution is -0.146. The van der Waals surface area contributed by atoms with Gasteiger partial charge in [0, 0.05) is 0 Å². The molecular formula is C23H22FNO5S. The number of amides is 2. The number of carbonyl (C=O) groups excluding carboxylic acids is 3. The highest BCUT2D eigenvalue weighted by Crippen LogP contribution is 2.32. The molecule has 2 aromatic rings. The summed E-state index contributed by atoms with van der Waals surface area (Å²) >= 11 is 0.779. The number of nitrogens with zero attached hydrogens (tertiary/aromatic N) is 1. The molecule has 1 fully saturated rings. The SMILES string of the molecule is CCCCOC(=O)CN1C(=O)S/C(=C/c2cccc(OCc3ccc(F)cc3)c2)C1=O. The van der Waals surface area contributed by atoms with Crippen LogP contribution >= 0.6 is 11.8 Å². The summed E-state index contributed by atoms with van der Waals surface area (Å²) in [4.78, 5) is 37.7. The fourth-order valence-electron chi connectivity index (χ4n) is 2.73. The zero-order chi connectivity index (χ0) is 22.2. The van der Waals surface area contributed by atoms with Crippen molar-refractivity contribution in [2.24, 2.45) is 0 Å². The number of benzene rings is 2.